The number of carbonyl (C=O) groups excluding carboxylic acids is 1. The van der Waals surface area contributed by atoms with Crippen molar-refractivity contribution in [3.8, 4) is 23.6 Å². The van der Waals surface area contributed by atoms with Gasteiger partial charge in [0.2, 0.25) is 0 Å². The topological polar surface area (TPSA) is 83.1 Å². The van der Waals surface area contributed by atoms with Crippen molar-refractivity contribution in [1.82, 2.24) is 0 Å². The summed E-state index contributed by atoms with van der Waals surface area (Å²) < 4.78 is 11.0. The summed E-state index contributed by atoms with van der Waals surface area (Å²) >= 11 is 0. The first kappa shape index (κ1) is 20.7. The Morgan fingerprint density at radius 3 is 2.00 bits per heavy atom. The smallest absolute Gasteiger partial charge is 0.352 e. The van der Waals surface area contributed by atoms with Gasteiger partial charge in [0.15, 0.2) is 6.10 Å². The predicted octanol–water partition coefficient (Wildman–Crippen LogP) is 4.79. The van der Waals surface area contributed by atoms with Gasteiger partial charge >= 0.3 is 5.97 Å². The molecule has 2 aromatic rings. The molecule has 0 fully saturated rings. The van der Waals surface area contributed by atoms with Crippen LogP contribution in [0.5, 0.6) is 11.5 Å². The average molecular weight is 374 g/mol. The number of hydrogen-bond acceptors (Lipinski definition) is 5. The highest BCUT2D eigenvalue weighted by Gasteiger charge is 2.18. The Morgan fingerprint density at radius 1 is 0.964 bits per heavy atom. The predicted molar refractivity (Wildman–Crippen MR) is 107 cm³/mol. The fourth-order valence-corrected chi connectivity index (χ4v) is 2.37. The highest BCUT2D eigenvalue weighted by molar-refractivity contribution is 5.77. The van der Waals surface area contributed by atoms with E-state index in [4.69, 9.17) is 20.0 Å². The molecular formula is C23H22N2O3. The fraction of sp³-hybridized carbons (Fsp3) is 0.261. The Morgan fingerprint density at radius 2 is 1.50 bits per heavy atom. The second-order valence-corrected chi connectivity index (χ2v) is 7.31. The first-order chi connectivity index (χ1) is 13.2. The SMILES string of the molecule is CC(Oc1ccc(C(C)(C)C)cc1)C(=O)Oc1ccc(C=C(C#N)C#N)cc1. The number of nitriles is 2. The number of ether oxygens (including phenoxy) is 2. The van der Waals surface area contributed by atoms with Crippen molar-refractivity contribution in [3.05, 3.63) is 65.2 Å². The molecule has 0 amide bonds. The maximum absolute atomic E-state index is 12.3. The maximum atomic E-state index is 12.3. The Hall–Kier alpha value is -3.57. The van der Waals surface area contributed by atoms with E-state index in [1.54, 1.807) is 43.3 Å². The molecule has 1 unspecified atom stereocenters. The second kappa shape index (κ2) is 8.88. The van der Waals surface area contributed by atoms with Gasteiger partial charge in [-0.05, 0) is 53.8 Å². The monoisotopic (exact) mass is 374 g/mol. The van der Waals surface area contributed by atoms with Crippen LogP contribution in [0.25, 0.3) is 6.08 Å². The van der Waals surface area contributed by atoms with E-state index < -0.39 is 12.1 Å². The Labute approximate surface area is 165 Å². The number of allylic oxidation sites excluding steroid dienone is 1. The van der Waals surface area contributed by atoms with E-state index in [9.17, 15) is 4.79 Å². The molecule has 0 radical (unpaired) electrons. The van der Waals surface area contributed by atoms with Crippen LogP contribution in [0.1, 0.15) is 38.8 Å². The minimum Gasteiger partial charge on any atom is -0.479 e. The fourth-order valence-electron chi connectivity index (χ4n) is 2.37. The maximum Gasteiger partial charge on any atom is 0.352 e. The highest BCUT2D eigenvalue weighted by atomic mass is 16.6. The normalized spacial score (nSPS) is 11.5. The molecule has 0 spiro atoms. The number of carbonyl (C=O) groups is 1. The van der Waals surface area contributed by atoms with Crippen LogP contribution in [0.2, 0.25) is 0 Å². The number of hydrogen-bond donors (Lipinski definition) is 0. The van der Waals surface area contributed by atoms with Gasteiger partial charge in [0.05, 0.1) is 0 Å². The Kier molecular flexibility index (Phi) is 6.58. The lowest BCUT2D eigenvalue weighted by atomic mass is 9.87. The molecule has 0 aliphatic rings. The first-order valence-corrected chi connectivity index (χ1v) is 8.84. The third-order valence-corrected chi connectivity index (χ3v) is 4.02. The van der Waals surface area contributed by atoms with Crippen molar-refractivity contribution in [2.45, 2.75) is 39.2 Å². The van der Waals surface area contributed by atoms with Gasteiger partial charge in [-0.25, -0.2) is 4.79 Å². The molecule has 5 nitrogen and oxygen atoms in total. The zero-order chi connectivity index (χ0) is 20.7. The summed E-state index contributed by atoms with van der Waals surface area (Å²) in [4.78, 5) is 12.3. The summed E-state index contributed by atoms with van der Waals surface area (Å²) in [6.45, 7) is 8.02. The van der Waals surface area contributed by atoms with Crippen LogP contribution in [0.4, 0.5) is 0 Å². The number of nitrogens with zero attached hydrogens (tertiary/aromatic N) is 2. The minimum absolute atomic E-state index is 0.00393. The number of esters is 1. The van der Waals surface area contributed by atoms with Crippen molar-refractivity contribution in [2.24, 2.45) is 0 Å². The van der Waals surface area contributed by atoms with Crippen molar-refractivity contribution in [3.63, 3.8) is 0 Å². The van der Waals surface area contributed by atoms with Gasteiger partial charge in [0.1, 0.15) is 29.2 Å². The molecule has 1 atom stereocenters. The molecule has 0 aliphatic heterocycles. The van der Waals surface area contributed by atoms with Crippen molar-refractivity contribution in [2.75, 3.05) is 0 Å². The Bertz CT molecular complexity index is 922. The minimum atomic E-state index is -0.774. The molecule has 0 saturated carbocycles. The summed E-state index contributed by atoms with van der Waals surface area (Å²) in [5, 5.41) is 17.5. The summed E-state index contributed by atoms with van der Waals surface area (Å²) in [5.74, 6) is 0.438. The molecule has 5 heteroatoms. The molecular weight excluding hydrogens is 352 g/mol. The van der Waals surface area contributed by atoms with Crippen molar-refractivity contribution >= 4 is 12.0 Å². The molecule has 0 saturated heterocycles. The van der Waals surface area contributed by atoms with Gasteiger partial charge in [-0.1, -0.05) is 45.0 Å². The van der Waals surface area contributed by atoms with E-state index in [0.717, 1.165) is 0 Å². The van der Waals surface area contributed by atoms with Crippen LogP contribution >= 0.6 is 0 Å². The summed E-state index contributed by atoms with van der Waals surface area (Å²) in [5.41, 5.74) is 1.90. The first-order valence-electron chi connectivity index (χ1n) is 8.84. The van der Waals surface area contributed by atoms with Crippen LogP contribution in [0, 0.1) is 22.7 Å². The van der Waals surface area contributed by atoms with Crippen LogP contribution in [0.3, 0.4) is 0 Å². The molecule has 2 rings (SSSR count). The number of rotatable bonds is 5. The van der Waals surface area contributed by atoms with Crippen LogP contribution in [-0.4, -0.2) is 12.1 Å². The van der Waals surface area contributed by atoms with Crippen LogP contribution in [-0.2, 0) is 10.2 Å². The second-order valence-electron chi connectivity index (χ2n) is 7.31. The van der Waals surface area contributed by atoms with Gasteiger partial charge in [0.25, 0.3) is 0 Å². The zero-order valence-electron chi connectivity index (χ0n) is 16.4. The standard InChI is InChI=1S/C23H22N2O3/c1-16(27-20-11-7-19(8-12-20)23(2,3)4)22(26)28-21-9-5-17(6-10-21)13-18(14-24)15-25/h5-13,16H,1-4H3. The molecule has 0 aliphatic carbocycles. The van der Waals surface area contributed by atoms with Crippen molar-refractivity contribution in [1.29, 1.82) is 10.5 Å². The van der Waals surface area contributed by atoms with Crippen LogP contribution in [0.15, 0.2) is 54.1 Å². The van der Waals surface area contributed by atoms with Crippen LogP contribution < -0.4 is 9.47 Å². The molecule has 2 aromatic carbocycles. The van der Waals surface area contributed by atoms with E-state index in [0.29, 0.717) is 17.1 Å². The lowest BCUT2D eigenvalue weighted by molar-refractivity contribution is -0.141. The molecule has 0 heterocycles. The Balaban J connectivity index is 1.98. The lowest BCUT2D eigenvalue weighted by Gasteiger charge is -2.20. The highest BCUT2D eigenvalue weighted by Crippen LogP contribution is 2.25. The van der Waals surface area contributed by atoms with Gasteiger partial charge in [0, 0.05) is 0 Å². The molecule has 0 bridgehead atoms. The summed E-state index contributed by atoms with van der Waals surface area (Å²) in [6.07, 6.45) is 0.683. The van der Waals surface area contributed by atoms with Crippen molar-refractivity contribution < 1.29 is 14.3 Å². The third kappa shape index (κ3) is 5.72. The van der Waals surface area contributed by atoms with Gasteiger partial charge in [-0.2, -0.15) is 10.5 Å². The van der Waals surface area contributed by atoms with Gasteiger partial charge in [-0.3, -0.25) is 0 Å². The van der Waals surface area contributed by atoms with E-state index in [1.807, 2.05) is 24.3 Å². The summed E-state index contributed by atoms with van der Waals surface area (Å²) in [7, 11) is 0. The third-order valence-electron chi connectivity index (χ3n) is 4.02. The van der Waals surface area contributed by atoms with E-state index in [2.05, 4.69) is 20.8 Å². The quantitative estimate of drug-likeness (QED) is 0.427. The molecule has 28 heavy (non-hydrogen) atoms. The number of benzene rings is 2. The van der Waals surface area contributed by atoms with E-state index in [-0.39, 0.29) is 11.0 Å². The van der Waals surface area contributed by atoms with E-state index in [1.165, 1.54) is 11.6 Å². The zero-order valence-corrected chi connectivity index (χ0v) is 16.4. The largest absolute Gasteiger partial charge is 0.479 e. The molecule has 0 N–H and O–H groups in total. The average Bonchev–Trinajstić information content (AvgIpc) is 2.67. The lowest BCUT2D eigenvalue weighted by Crippen LogP contribution is -2.28. The molecule has 0 aromatic heterocycles. The van der Waals surface area contributed by atoms with Gasteiger partial charge in [-0.15, -0.1) is 0 Å². The summed E-state index contributed by atoms with van der Waals surface area (Å²) in [6, 6.07) is 17.8. The molecule has 142 valence electrons. The van der Waals surface area contributed by atoms with Gasteiger partial charge < -0.3 is 9.47 Å². The van der Waals surface area contributed by atoms with E-state index >= 15 is 0 Å².